The van der Waals surface area contributed by atoms with E-state index in [9.17, 15) is 4.79 Å². The molecule has 2 heterocycles. The number of carbonyl (C=O) groups excluding carboxylic acids is 1. The van der Waals surface area contributed by atoms with E-state index in [1.54, 1.807) is 0 Å². The van der Waals surface area contributed by atoms with Crippen LogP contribution in [0.15, 0.2) is 42.6 Å². The number of nitrogens with zero attached hydrogens (tertiary/aromatic N) is 2. The molecule has 2 aliphatic rings. The predicted octanol–water partition coefficient (Wildman–Crippen LogP) is 4.51. The first-order chi connectivity index (χ1) is 12.7. The third-order valence-corrected chi connectivity index (χ3v) is 4.99. The number of carbonyl (C=O) groups is 1. The summed E-state index contributed by atoms with van der Waals surface area (Å²) in [6.45, 7) is 5.65. The molecule has 0 unspecified atom stereocenters. The van der Waals surface area contributed by atoms with Crippen molar-refractivity contribution < 1.29 is 4.79 Å². The van der Waals surface area contributed by atoms with Gasteiger partial charge in [-0.3, -0.25) is 14.7 Å². The molecule has 138 valence electrons. The number of benzene rings is 1. The molecule has 1 saturated heterocycles. The van der Waals surface area contributed by atoms with E-state index in [1.807, 2.05) is 18.3 Å². The van der Waals surface area contributed by atoms with E-state index in [0.717, 1.165) is 18.2 Å². The molecule has 4 nitrogen and oxygen atoms in total. The van der Waals surface area contributed by atoms with Gasteiger partial charge in [0.1, 0.15) is 0 Å². The number of piperidine rings is 1. The largest absolute Gasteiger partial charge is 0.329 e. The number of anilines is 1. The molecule has 2 aromatic rings. The average molecular weight is 351 g/mol. The minimum atomic E-state index is 0.701. The van der Waals surface area contributed by atoms with Crippen molar-refractivity contribution in [2.75, 3.05) is 18.4 Å². The van der Waals surface area contributed by atoms with Gasteiger partial charge in [0.15, 0.2) is 0 Å². The second-order valence-electron chi connectivity index (χ2n) is 7.32. The Morgan fingerprint density at radius 2 is 1.85 bits per heavy atom. The standard InChI is InChI=1S/C12H18N2.C10H11NO/c1-11-5-6-13-12(9-11)10-14-7-3-2-4-8-14;12-7-11-10-5-3-9(4-6-10)8-1-2-8/h5-6,9H,2-4,7-8,10H2,1H3;3-8H,1-2H2,(H,11,12). The molecule has 4 heteroatoms. The molecule has 1 N–H and O–H groups in total. The van der Waals surface area contributed by atoms with E-state index in [2.05, 4.69) is 46.4 Å². The minimum Gasteiger partial charge on any atom is -0.329 e. The topological polar surface area (TPSA) is 45.2 Å². The monoisotopic (exact) mass is 351 g/mol. The van der Waals surface area contributed by atoms with Gasteiger partial charge < -0.3 is 5.32 Å². The Kier molecular flexibility index (Phi) is 6.78. The Balaban J connectivity index is 0.000000152. The Hall–Kier alpha value is -2.20. The molecule has 1 aromatic carbocycles. The van der Waals surface area contributed by atoms with E-state index >= 15 is 0 Å². The van der Waals surface area contributed by atoms with E-state index < -0.39 is 0 Å². The highest BCUT2D eigenvalue weighted by atomic mass is 16.1. The molecular weight excluding hydrogens is 322 g/mol. The predicted molar refractivity (Wildman–Crippen MR) is 106 cm³/mol. The fourth-order valence-corrected chi connectivity index (χ4v) is 3.37. The summed E-state index contributed by atoms with van der Waals surface area (Å²) < 4.78 is 0. The fourth-order valence-electron chi connectivity index (χ4n) is 3.37. The summed E-state index contributed by atoms with van der Waals surface area (Å²) in [5.41, 5.74) is 4.79. The first-order valence-electron chi connectivity index (χ1n) is 9.68. The van der Waals surface area contributed by atoms with Gasteiger partial charge >= 0.3 is 0 Å². The highest BCUT2D eigenvalue weighted by molar-refractivity contribution is 5.71. The maximum atomic E-state index is 10.1. The van der Waals surface area contributed by atoms with Crippen molar-refractivity contribution in [1.29, 1.82) is 0 Å². The fraction of sp³-hybridized carbons (Fsp3) is 0.455. The van der Waals surface area contributed by atoms with Crippen LogP contribution in [0.5, 0.6) is 0 Å². The van der Waals surface area contributed by atoms with Crippen LogP contribution in [0.1, 0.15) is 54.8 Å². The van der Waals surface area contributed by atoms with Gasteiger partial charge in [-0.25, -0.2) is 0 Å². The van der Waals surface area contributed by atoms with Crippen molar-refractivity contribution >= 4 is 12.1 Å². The van der Waals surface area contributed by atoms with Crippen molar-refractivity contribution in [2.45, 2.75) is 51.5 Å². The normalized spacial score (nSPS) is 17.1. The van der Waals surface area contributed by atoms with Crippen molar-refractivity contribution in [1.82, 2.24) is 9.88 Å². The van der Waals surface area contributed by atoms with Crippen molar-refractivity contribution in [3.05, 3.63) is 59.4 Å². The van der Waals surface area contributed by atoms with Crippen molar-refractivity contribution in [3.8, 4) is 0 Å². The number of aryl methyl sites for hydroxylation is 1. The summed E-state index contributed by atoms with van der Waals surface area (Å²) >= 11 is 0. The zero-order valence-electron chi connectivity index (χ0n) is 15.7. The maximum absolute atomic E-state index is 10.1. The minimum absolute atomic E-state index is 0.701. The van der Waals surface area contributed by atoms with Crippen LogP contribution in [0.3, 0.4) is 0 Å². The highest BCUT2D eigenvalue weighted by Gasteiger charge is 2.22. The quantitative estimate of drug-likeness (QED) is 0.806. The summed E-state index contributed by atoms with van der Waals surface area (Å²) in [6.07, 6.45) is 9.36. The molecule has 1 aliphatic carbocycles. The van der Waals surface area contributed by atoms with Crippen molar-refractivity contribution in [2.24, 2.45) is 0 Å². The Morgan fingerprint density at radius 3 is 2.46 bits per heavy atom. The zero-order chi connectivity index (χ0) is 18.2. The first-order valence-corrected chi connectivity index (χ1v) is 9.68. The third kappa shape index (κ3) is 5.95. The Morgan fingerprint density at radius 1 is 1.12 bits per heavy atom. The van der Waals surface area contributed by atoms with Gasteiger partial charge in [-0.15, -0.1) is 0 Å². The number of likely N-dealkylation sites (tertiary alicyclic amines) is 1. The van der Waals surface area contributed by atoms with Crippen LogP contribution in [-0.2, 0) is 11.3 Å². The second kappa shape index (κ2) is 9.48. The van der Waals surface area contributed by atoms with Crippen LogP contribution < -0.4 is 5.32 Å². The molecule has 0 bridgehead atoms. The van der Waals surface area contributed by atoms with Gasteiger partial charge in [0.25, 0.3) is 0 Å². The lowest BCUT2D eigenvalue weighted by molar-refractivity contribution is -0.105. The average Bonchev–Trinajstić information content (AvgIpc) is 3.49. The molecule has 26 heavy (non-hydrogen) atoms. The number of aromatic nitrogens is 1. The van der Waals surface area contributed by atoms with Gasteiger partial charge in [0, 0.05) is 18.4 Å². The molecule has 0 spiro atoms. The molecule has 4 rings (SSSR count). The molecule has 1 aromatic heterocycles. The van der Waals surface area contributed by atoms with Gasteiger partial charge in [-0.2, -0.15) is 0 Å². The van der Waals surface area contributed by atoms with Crippen LogP contribution in [0, 0.1) is 6.92 Å². The lowest BCUT2D eigenvalue weighted by atomic mass is 10.1. The van der Waals surface area contributed by atoms with Crippen LogP contribution in [0.4, 0.5) is 5.69 Å². The zero-order valence-corrected chi connectivity index (χ0v) is 15.7. The molecule has 0 radical (unpaired) electrons. The van der Waals surface area contributed by atoms with Gasteiger partial charge in [0.05, 0.1) is 5.69 Å². The van der Waals surface area contributed by atoms with Crippen LogP contribution in [0.2, 0.25) is 0 Å². The van der Waals surface area contributed by atoms with Crippen LogP contribution in [0.25, 0.3) is 0 Å². The molecule has 1 saturated carbocycles. The van der Waals surface area contributed by atoms with E-state index in [-0.39, 0.29) is 0 Å². The molecule has 0 atom stereocenters. The summed E-state index contributed by atoms with van der Waals surface area (Å²) in [4.78, 5) is 17.0. The van der Waals surface area contributed by atoms with E-state index in [4.69, 9.17) is 0 Å². The van der Waals surface area contributed by atoms with E-state index in [0.29, 0.717) is 6.41 Å². The molecule has 1 amide bonds. The molecule has 1 aliphatic heterocycles. The Labute approximate surface area is 156 Å². The number of pyridine rings is 1. The number of amides is 1. The lowest BCUT2D eigenvalue weighted by Gasteiger charge is -2.25. The van der Waals surface area contributed by atoms with Gasteiger partial charge in [0.2, 0.25) is 6.41 Å². The Bertz CT molecular complexity index is 689. The van der Waals surface area contributed by atoms with Gasteiger partial charge in [-0.05, 0) is 87.0 Å². The van der Waals surface area contributed by atoms with Crippen LogP contribution in [-0.4, -0.2) is 29.4 Å². The smallest absolute Gasteiger partial charge is 0.211 e. The number of nitrogens with one attached hydrogen (secondary N) is 1. The summed E-state index contributed by atoms with van der Waals surface area (Å²) in [5.74, 6) is 0.787. The summed E-state index contributed by atoms with van der Waals surface area (Å²) in [6, 6.07) is 12.3. The van der Waals surface area contributed by atoms with Gasteiger partial charge in [-0.1, -0.05) is 18.6 Å². The first kappa shape index (κ1) is 18.6. The number of rotatable bonds is 5. The van der Waals surface area contributed by atoms with Crippen LogP contribution >= 0.6 is 0 Å². The number of hydrogen-bond donors (Lipinski definition) is 1. The second-order valence-corrected chi connectivity index (χ2v) is 7.32. The lowest BCUT2D eigenvalue weighted by Crippen LogP contribution is -2.29. The highest BCUT2D eigenvalue weighted by Crippen LogP contribution is 2.40. The van der Waals surface area contributed by atoms with E-state index in [1.165, 1.54) is 62.0 Å². The van der Waals surface area contributed by atoms with Crippen molar-refractivity contribution in [3.63, 3.8) is 0 Å². The summed E-state index contributed by atoms with van der Waals surface area (Å²) in [5, 5.41) is 2.61. The summed E-state index contributed by atoms with van der Waals surface area (Å²) in [7, 11) is 0. The number of hydrogen-bond acceptors (Lipinski definition) is 3. The third-order valence-electron chi connectivity index (χ3n) is 4.99. The molecular formula is C22H29N3O. The molecule has 2 fully saturated rings. The maximum Gasteiger partial charge on any atom is 0.211 e. The SMILES string of the molecule is Cc1ccnc(CN2CCCCC2)c1.O=CNc1ccc(C2CC2)cc1.